The molecule has 0 amide bonds. The minimum Gasteiger partial charge on any atom is -0.299 e. The van der Waals surface area contributed by atoms with Crippen molar-refractivity contribution in [2.45, 2.75) is 13.2 Å². The lowest BCUT2D eigenvalue weighted by atomic mass is 10.2. The Bertz CT molecular complexity index is 391. The number of hydrogen-bond donors (Lipinski definition) is 0. The average Bonchev–Trinajstić information content (AvgIpc) is 2.45. The van der Waals surface area contributed by atoms with Gasteiger partial charge in [0.05, 0.1) is 35.4 Å². The molecule has 0 aliphatic rings. The zero-order valence-electron chi connectivity index (χ0n) is 9.82. The van der Waals surface area contributed by atoms with Crippen LogP contribution in [0.25, 0.3) is 0 Å². The van der Waals surface area contributed by atoms with Gasteiger partial charge in [-0.15, -0.1) is 0 Å². The molecule has 0 aliphatic carbocycles. The van der Waals surface area contributed by atoms with Crippen molar-refractivity contribution in [3.05, 3.63) is 71.8 Å². The first kappa shape index (κ1) is 13.5. The predicted octanol–water partition coefficient (Wildman–Crippen LogP) is 4.63. The molecule has 18 heavy (non-hydrogen) atoms. The van der Waals surface area contributed by atoms with E-state index in [2.05, 4.69) is 0 Å². The van der Waals surface area contributed by atoms with Crippen molar-refractivity contribution in [2.75, 3.05) is 0 Å². The van der Waals surface area contributed by atoms with Crippen LogP contribution in [0.4, 0.5) is 0 Å². The van der Waals surface area contributed by atoms with Gasteiger partial charge >= 0.3 is 0 Å². The molecule has 0 fully saturated rings. The van der Waals surface area contributed by atoms with E-state index in [1.54, 1.807) is 0 Å². The van der Waals surface area contributed by atoms with E-state index < -0.39 is 0 Å². The highest BCUT2D eigenvalue weighted by Gasteiger charge is 1.96. The molecule has 0 saturated carbocycles. The van der Waals surface area contributed by atoms with Gasteiger partial charge < -0.3 is 0 Å². The van der Waals surface area contributed by atoms with E-state index in [1.807, 2.05) is 60.7 Å². The van der Waals surface area contributed by atoms with Crippen LogP contribution >= 0.6 is 22.1 Å². The Labute approximate surface area is 116 Å². The number of rotatable bonds is 7. The molecule has 0 atom stereocenters. The van der Waals surface area contributed by atoms with Crippen LogP contribution in [0, 0.1) is 0 Å². The molecule has 0 heterocycles. The largest absolute Gasteiger partial charge is 0.299 e. The third kappa shape index (κ3) is 5.14. The first-order chi connectivity index (χ1) is 8.95. The monoisotopic (exact) mass is 278 g/mol. The Morgan fingerprint density at radius 1 is 0.611 bits per heavy atom. The topological polar surface area (TPSA) is 18.5 Å². The van der Waals surface area contributed by atoms with Gasteiger partial charge in [0.1, 0.15) is 0 Å². The summed E-state index contributed by atoms with van der Waals surface area (Å²) in [5.41, 5.74) is 2.32. The minimum atomic E-state index is 0.590. The molecule has 0 aromatic heterocycles. The summed E-state index contributed by atoms with van der Waals surface area (Å²) in [6.45, 7) is 1.18. The Balaban J connectivity index is 1.54. The quantitative estimate of drug-likeness (QED) is 0.417. The van der Waals surface area contributed by atoms with Crippen LogP contribution in [0.5, 0.6) is 0 Å². The molecule has 0 radical (unpaired) electrons. The Hall–Kier alpha value is -0.940. The van der Waals surface area contributed by atoms with Gasteiger partial charge in [-0.2, -0.15) is 0 Å². The molecule has 0 unspecified atom stereocenters. The summed E-state index contributed by atoms with van der Waals surface area (Å²) in [4.78, 5) is 0. The fourth-order valence-corrected chi connectivity index (χ4v) is 2.34. The van der Waals surface area contributed by atoms with Crippen LogP contribution in [-0.4, -0.2) is 0 Å². The summed E-state index contributed by atoms with van der Waals surface area (Å²) in [5.74, 6) is 0. The average molecular weight is 278 g/mol. The second-order valence-corrected chi connectivity index (χ2v) is 5.19. The maximum absolute atomic E-state index is 5.41. The van der Waals surface area contributed by atoms with Gasteiger partial charge in [0.15, 0.2) is 0 Å². The smallest absolute Gasteiger partial charge is 0.0928 e. The Morgan fingerprint density at radius 2 is 1.00 bits per heavy atom. The molecule has 4 heteroatoms. The van der Waals surface area contributed by atoms with Gasteiger partial charge in [-0.05, 0) is 11.1 Å². The zero-order chi connectivity index (χ0) is 12.5. The molecule has 0 saturated heterocycles. The molecule has 2 nitrogen and oxygen atoms in total. The Kier molecular flexibility index (Phi) is 6.16. The van der Waals surface area contributed by atoms with Gasteiger partial charge in [0, 0.05) is 0 Å². The third-order valence-corrected chi connectivity index (χ3v) is 3.49. The number of benzene rings is 2. The van der Waals surface area contributed by atoms with Gasteiger partial charge in [-0.25, -0.2) is 0 Å². The van der Waals surface area contributed by atoms with E-state index in [0.29, 0.717) is 13.2 Å². The van der Waals surface area contributed by atoms with Gasteiger partial charge in [-0.3, -0.25) is 8.37 Å². The van der Waals surface area contributed by atoms with Crippen molar-refractivity contribution in [1.29, 1.82) is 0 Å². The molecule has 94 valence electrons. The van der Waals surface area contributed by atoms with Crippen LogP contribution in [0.15, 0.2) is 60.7 Å². The van der Waals surface area contributed by atoms with Crippen LogP contribution in [0.1, 0.15) is 11.1 Å². The van der Waals surface area contributed by atoms with Crippen molar-refractivity contribution in [3.63, 3.8) is 0 Å². The first-order valence-electron chi connectivity index (χ1n) is 5.61. The van der Waals surface area contributed by atoms with E-state index in [9.17, 15) is 0 Å². The maximum Gasteiger partial charge on any atom is 0.0928 e. The first-order valence-corrected chi connectivity index (χ1v) is 7.61. The fraction of sp³-hybridized carbons (Fsp3) is 0.143. The van der Waals surface area contributed by atoms with Crippen molar-refractivity contribution in [1.82, 2.24) is 0 Å². The van der Waals surface area contributed by atoms with Gasteiger partial charge in [-0.1, -0.05) is 60.7 Å². The van der Waals surface area contributed by atoms with Crippen LogP contribution in [0.2, 0.25) is 0 Å². The molecular weight excluding hydrogens is 264 g/mol. The second-order valence-electron chi connectivity index (χ2n) is 3.63. The highest BCUT2D eigenvalue weighted by Crippen LogP contribution is 2.26. The highest BCUT2D eigenvalue weighted by atomic mass is 33.1. The van der Waals surface area contributed by atoms with E-state index >= 15 is 0 Å². The lowest BCUT2D eigenvalue weighted by Gasteiger charge is -2.03. The second kappa shape index (κ2) is 8.21. The van der Waals surface area contributed by atoms with Gasteiger partial charge in [0.25, 0.3) is 0 Å². The molecule has 0 bridgehead atoms. The third-order valence-electron chi connectivity index (χ3n) is 2.26. The Morgan fingerprint density at radius 3 is 1.39 bits per heavy atom. The highest BCUT2D eigenvalue weighted by molar-refractivity contribution is 8.73. The van der Waals surface area contributed by atoms with Crippen molar-refractivity contribution < 1.29 is 8.37 Å². The maximum atomic E-state index is 5.41. The van der Waals surface area contributed by atoms with Crippen LogP contribution in [-0.2, 0) is 21.6 Å². The summed E-state index contributed by atoms with van der Waals surface area (Å²) in [6.07, 6.45) is 0. The van der Waals surface area contributed by atoms with Crippen molar-refractivity contribution in [2.24, 2.45) is 0 Å². The summed E-state index contributed by atoms with van der Waals surface area (Å²) in [6, 6.07) is 20.1. The summed E-state index contributed by atoms with van der Waals surface area (Å²) in [5, 5.41) is 0. The summed E-state index contributed by atoms with van der Waals surface area (Å²) >= 11 is 2.52. The molecule has 2 aromatic rings. The lowest BCUT2D eigenvalue weighted by Crippen LogP contribution is -1.85. The van der Waals surface area contributed by atoms with Crippen molar-refractivity contribution in [3.8, 4) is 0 Å². The summed E-state index contributed by atoms with van der Waals surface area (Å²) in [7, 11) is 0. The van der Waals surface area contributed by atoms with Gasteiger partial charge in [0.2, 0.25) is 0 Å². The van der Waals surface area contributed by atoms with Crippen LogP contribution in [0.3, 0.4) is 0 Å². The standard InChI is InChI=1S/C14H14O2S2/c1-3-7-13(8-4-1)11-15-17-18-16-12-14-9-5-2-6-10-14/h1-10H,11-12H2. The van der Waals surface area contributed by atoms with E-state index in [4.69, 9.17) is 8.37 Å². The molecule has 0 spiro atoms. The number of hydrogen-bond acceptors (Lipinski definition) is 4. The van der Waals surface area contributed by atoms with Crippen molar-refractivity contribution >= 4 is 22.1 Å². The molecular formula is C14H14O2S2. The minimum absolute atomic E-state index is 0.590. The zero-order valence-corrected chi connectivity index (χ0v) is 11.5. The molecule has 2 rings (SSSR count). The van der Waals surface area contributed by atoms with E-state index in [0.717, 1.165) is 11.1 Å². The molecule has 2 aromatic carbocycles. The van der Waals surface area contributed by atoms with Crippen LogP contribution < -0.4 is 0 Å². The molecule has 0 N–H and O–H groups in total. The van der Waals surface area contributed by atoms with E-state index in [1.165, 1.54) is 22.1 Å². The fourth-order valence-electron chi connectivity index (χ4n) is 1.37. The SMILES string of the molecule is c1ccc(COSSOCc2ccccc2)cc1. The summed E-state index contributed by atoms with van der Waals surface area (Å²) < 4.78 is 10.8. The van der Waals surface area contributed by atoms with E-state index in [-0.39, 0.29) is 0 Å². The predicted molar refractivity (Wildman–Crippen MR) is 77.6 cm³/mol. The normalized spacial score (nSPS) is 10.4. The molecule has 0 aliphatic heterocycles. The lowest BCUT2D eigenvalue weighted by molar-refractivity contribution is 0.356.